The van der Waals surface area contributed by atoms with Gasteiger partial charge >= 0.3 is 0 Å². The van der Waals surface area contributed by atoms with Crippen LogP contribution in [0.5, 0.6) is 0 Å². The van der Waals surface area contributed by atoms with Gasteiger partial charge in [0.2, 0.25) is 0 Å². The Morgan fingerprint density at radius 3 is 3.00 bits per heavy atom. The largest absolute Gasteiger partial charge is 0.381 e. The maximum absolute atomic E-state index is 10.5. The molecular formula is C6H11ClO2S. The van der Waals surface area contributed by atoms with Gasteiger partial charge in [-0.05, 0) is 29.4 Å². The fourth-order valence-corrected chi connectivity index (χ4v) is 2.29. The van der Waals surface area contributed by atoms with Gasteiger partial charge in [-0.3, -0.25) is 0 Å². The summed E-state index contributed by atoms with van der Waals surface area (Å²) in [5.74, 6) is 1.01. The Morgan fingerprint density at radius 1 is 1.70 bits per heavy atom. The molecule has 2 unspecified atom stereocenters. The first kappa shape index (κ1) is 8.50. The van der Waals surface area contributed by atoms with E-state index in [4.69, 9.17) is 15.4 Å². The van der Waals surface area contributed by atoms with Crippen molar-refractivity contribution in [1.29, 1.82) is 0 Å². The van der Waals surface area contributed by atoms with Crippen molar-refractivity contribution in [2.24, 2.45) is 5.92 Å². The molecule has 0 aromatic heterocycles. The van der Waals surface area contributed by atoms with E-state index in [1.54, 1.807) is 0 Å². The van der Waals surface area contributed by atoms with Crippen LogP contribution in [-0.4, -0.2) is 23.2 Å². The van der Waals surface area contributed by atoms with E-state index < -0.39 is 10.0 Å². The Hall–Kier alpha value is 0.400. The van der Waals surface area contributed by atoms with Crippen molar-refractivity contribution in [2.75, 3.05) is 19.0 Å². The Bertz CT molecular complexity index is 123. The van der Waals surface area contributed by atoms with Crippen molar-refractivity contribution >= 4 is 20.7 Å². The van der Waals surface area contributed by atoms with Crippen LogP contribution in [0.2, 0.25) is 0 Å². The maximum Gasteiger partial charge on any atom is 0.115 e. The molecule has 0 aromatic carbocycles. The lowest BCUT2D eigenvalue weighted by atomic mass is 10.1. The fourth-order valence-electron chi connectivity index (χ4n) is 1.12. The highest BCUT2D eigenvalue weighted by Crippen LogP contribution is 2.15. The smallest absolute Gasteiger partial charge is 0.115 e. The van der Waals surface area contributed by atoms with Gasteiger partial charge in [0.15, 0.2) is 0 Å². The van der Waals surface area contributed by atoms with Gasteiger partial charge < -0.3 is 4.74 Å². The van der Waals surface area contributed by atoms with Crippen molar-refractivity contribution in [1.82, 2.24) is 0 Å². The third kappa shape index (κ3) is 2.99. The average Bonchev–Trinajstić information content (AvgIpc) is 1.88. The molecule has 0 saturated carbocycles. The summed E-state index contributed by atoms with van der Waals surface area (Å²) in [5, 5.41) is 0. The molecule has 2 atom stereocenters. The number of rotatable bonds is 2. The quantitative estimate of drug-likeness (QED) is 0.603. The van der Waals surface area contributed by atoms with Gasteiger partial charge in [-0.25, -0.2) is 4.21 Å². The molecule has 2 nitrogen and oxygen atoms in total. The molecule has 0 spiro atoms. The standard InChI is InChI=1S/C6H11ClO2S/c7-10(8)5-6-2-1-3-9-4-6/h6H,1-5H2. The minimum absolute atomic E-state index is 0.423. The average molecular weight is 183 g/mol. The zero-order valence-corrected chi connectivity index (χ0v) is 7.29. The molecule has 1 aliphatic rings. The normalized spacial score (nSPS) is 29.9. The summed E-state index contributed by atoms with van der Waals surface area (Å²) in [6.07, 6.45) is 2.19. The molecular weight excluding hydrogens is 172 g/mol. The number of hydrogen-bond donors (Lipinski definition) is 0. The minimum atomic E-state index is -1.17. The van der Waals surface area contributed by atoms with Gasteiger partial charge in [0.25, 0.3) is 0 Å². The van der Waals surface area contributed by atoms with Crippen LogP contribution in [0.15, 0.2) is 0 Å². The van der Waals surface area contributed by atoms with Crippen LogP contribution in [0.25, 0.3) is 0 Å². The molecule has 1 fully saturated rings. The molecule has 1 heterocycles. The SMILES string of the molecule is O=S(Cl)CC1CCCOC1. The molecule has 0 aromatic rings. The van der Waals surface area contributed by atoms with Crippen LogP contribution in [0.4, 0.5) is 0 Å². The molecule has 10 heavy (non-hydrogen) atoms. The first-order valence-electron chi connectivity index (χ1n) is 3.41. The minimum Gasteiger partial charge on any atom is -0.381 e. The molecule has 1 rings (SSSR count). The third-order valence-corrected chi connectivity index (χ3v) is 2.73. The third-order valence-electron chi connectivity index (χ3n) is 1.62. The van der Waals surface area contributed by atoms with Crippen molar-refractivity contribution < 1.29 is 8.95 Å². The van der Waals surface area contributed by atoms with Crippen LogP contribution in [0.1, 0.15) is 12.8 Å². The summed E-state index contributed by atoms with van der Waals surface area (Å²) in [4.78, 5) is 0. The molecule has 0 N–H and O–H groups in total. The van der Waals surface area contributed by atoms with Gasteiger partial charge in [-0.1, -0.05) is 0 Å². The highest BCUT2D eigenvalue weighted by atomic mass is 35.7. The van der Waals surface area contributed by atoms with E-state index >= 15 is 0 Å². The molecule has 0 aliphatic carbocycles. The lowest BCUT2D eigenvalue weighted by molar-refractivity contribution is 0.0630. The lowest BCUT2D eigenvalue weighted by Crippen LogP contribution is -2.21. The molecule has 0 amide bonds. The van der Waals surface area contributed by atoms with Crippen molar-refractivity contribution in [3.63, 3.8) is 0 Å². The first-order chi connectivity index (χ1) is 4.79. The van der Waals surface area contributed by atoms with Crippen LogP contribution >= 0.6 is 10.7 Å². The number of ether oxygens (including phenoxy) is 1. The number of halogens is 1. The van der Waals surface area contributed by atoms with Crippen LogP contribution in [0.3, 0.4) is 0 Å². The highest BCUT2D eigenvalue weighted by molar-refractivity contribution is 8.08. The van der Waals surface area contributed by atoms with Gasteiger partial charge in [-0.15, -0.1) is 0 Å². The van der Waals surface area contributed by atoms with E-state index in [1.165, 1.54) is 0 Å². The lowest BCUT2D eigenvalue weighted by Gasteiger charge is -2.19. The van der Waals surface area contributed by atoms with Gasteiger partial charge in [-0.2, -0.15) is 0 Å². The van der Waals surface area contributed by atoms with Crippen LogP contribution < -0.4 is 0 Å². The van der Waals surface area contributed by atoms with Crippen LogP contribution in [0, 0.1) is 5.92 Å². The Kier molecular flexibility index (Phi) is 3.66. The van der Waals surface area contributed by atoms with Gasteiger partial charge in [0, 0.05) is 12.4 Å². The molecule has 1 aliphatic heterocycles. The van der Waals surface area contributed by atoms with Gasteiger partial charge in [0.05, 0.1) is 6.61 Å². The molecule has 60 valence electrons. The van der Waals surface area contributed by atoms with E-state index in [2.05, 4.69) is 0 Å². The summed E-state index contributed by atoms with van der Waals surface area (Å²) in [6, 6.07) is 0. The van der Waals surface area contributed by atoms with Crippen molar-refractivity contribution in [3.05, 3.63) is 0 Å². The van der Waals surface area contributed by atoms with E-state index in [0.29, 0.717) is 11.7 Å². The summed E-state index contributed by atoms with van der Waals surface area (Å²) in [7, 11) is 4.16. The van der Waals surface area contributed by atoms with E-state index in [9.17, 15) is 4.21 Å². The topological polar surface area (TPSA) is 26.3 Å². The second-order valence-electron chi connectivity index (χ2n) is 2.54. The molecule has 0 radical (unpaired) electrons. The second-order valence-corrected chi connectivity index (χ2v) is 4.49. The summed E-state index contributed by atoms with van der Waals surface area (Å²) in [6.45, 7) is 1.59. The Labute approximate surface area is 67.9 Å². The highest BCUT2D eigenvalue weighted by Gasteiger charge is 2.15. The van der Waals surface area contributed by atoms with Crippen molar-refractivity contribution in [2.45, 2.75) is 12.8 Å². The Balaban J connectivity index is 2.19. The molecule has 4 heteroatoms. The van der Waals surface area contributed by atoms with E-state index in [1.807, 2.05) is 0 Å². The zero-order chi connectivity index (χ0) is 7.40. The first-order valence-corrected chi connectivity index (χ1v) is 5.56. The van der Waals surface area contributed by atoms with Crippen LogP contribution in [-0.2, 0) is 14.7 Å². The predicted octanol–water partition coefficient (Wildman–Crippen LogP) is 1.32. The summed E-state index contributed by atoms with van der Waals surface area (Å²) in [5.41, 5.74) is 0. The fraction of sp³-hybridized carbons (Fsp3) is 1.00. The molecule has 1 saturated heterocycles. The van der Waals surface area contributed by atoms with E-state index in [0.717, 1.165) is 26.1 Å². The maximum atomic E-state index is 10.5. The predicted molar refractivity (Wildman–Crippen MR) is 42.4 cm³/mol. The molecule has 0 bridgehead atoms. The zero-order valence-electron chi connectivity index (χ0n) is 5.72. The monoisotopic (exact) mass is 182 g/mol. The Morgan fingerprint density at radius 2 is 2.50 bits per heavy atom. The van der Waals surface area contributed by atoms with Gasteiger partial charge in [0.1, 0.15) is 10.0 Å². The second kappa shape index (κ2) is 4.31. The van der Waals surface area contributed by atoms with Crippen molar-refractivity contribution in [3.8, 4) is 0 Å². The summed E-state index contributed by atoms with van der Waals surface area (Å²) >= 11 is 0. The number of hydrogen-bond acceptors (Lipinski definition) is 2. The van der Waals surface area contributed by atoms with E-state index in [-0.39, 0.29) is 0 Å². The summed E-state index contributed by atoms with van der Waals surface area (Å²) < 4.78 is 15.7.